The van der Waals surface area contributed by atoms with Crippen LogP contribution in [0.4, 0.5) is 4.79 Å². The molecule has 4 N–H and O–H groups in total. The van der Waals surface area contributed by atoms with Gasteiger partial charge in [0.05, 0.1) is 10.4 Å². The highest BCUT2D eigenvalue weighted by Crippen LogP contribution is 2.62. The van der Waals surface area contributed by atoms with Crippen LogP contribution in [-0.4, -0.2) is 53.7 Å². The van der Waals surface area contributed by atoms with Crippen molar-refractivity contribution < 1.29 is 33.3 Å². The summed E-state index contributed by atoms with van der Waals surface area (Å²) in [4.78, 5) is 36.1. The molecule has 11 heteroatoms. The molecule has 178 valence electrons. The van der Waals surface area contributed by atoms with Gasteiger partial charge in [0, 0.05) is 22.5 Å². The summed E-state index contributed by atoms with van der Waals surface area (Å²) in [5.41, 5.74) is -0.601. The third-order valence-corrected chi connectivity index (χ3v) is 7.16. The van der Waals surface area contributed by atoms with E-state index in [1.807, 2.05) is 0 Å². The molecule has 0 unspecified atom stereocenters. The van der Waals surface area contributed by atoms with E-state index in [-0.39, 0.29) is 11.3 Å². The number of hydrogen-bond donors (Lipinski definition) is 4. The van der Waals surface area contributed by atoms with Crippen molar-refractivity contribution in [3.63, 3.8) is 0 Å². The van der Waals surface area contributed by atoms with Crippen LogP contribution >= 0.6 is 26.7 Å². The Labute approximate surface area is 197 Å². The third-order valence-electron chi connectivity index (χ3n) is 4.34. The summed E-state index contributed by atoms with van der Waals surface area (Å²) in [5.74, 6) is -1.73. The molecule has 1 aliphatic rings. The molecule has 2 rings (SSSR count). The summed E-state index contributed by atoms with van der Waals surface area (Å²) in [6.45, 7) is 10.1. The maximum Gasteiger partial charge on any atom is 0.408 e. The number of hydrogen-bond acceptors (Lipinski definition) is 6. The maximum atomic E-state index is 12.4. The number of halogens is 1. The van der Waals surface area contributed by atoms with Crippen molar-refractivity contribution in [3.8, 4) is 0 Å². The van der Waals surface area contributed by atoms with Gasteiger partial charge >= 0.3 is 12.1 Å². The highest BCUT2D eigenvalue weighted by atomic mass is 79.9. The number of nitrogens with one attached hydrogen (secondary N) is 1. The molecule has 1 aromatic carbocycles. The second-order valence-electron chi connectivity index (χ2n) is 9.39. The molecule has 1 aromatic rings. The lowest BCUT2D eigenvalue weighted by Gasteiger charge is -2.46. The number of benzene rings is 1. The van der Waals surface area contributed by atoms with Gasteiger partial charge in [-0.15, -0.1) is 0 Å². The quantitative estimate of drug-likeness (QED) is 0.434. The van der Waals surface area contributed by atoms with Gasteiger partial charge in [0.15, 0.2) is 0 Å². The minimum atomic E-state index is -3.55. The van der Waals surface area contributed by atoms with Crippen LogP contribution < -0.4 is 5.32 Å². The fraction of sp³-hybridized carbons (Fsp3) is 0.476. The van der Waals surface area contributed by atoms with E-state index < -0.39 is 45.9 Å². The number of alkyl carbamates (subject to hydrolysis) is 1. The molecule has 1 atom stereocenters. The van der Waals surface area contributed by atoms with Crippen LogP contribution in [0, 0.1) is 0 Å². The topological polar surface area (TPSA) is 136 Å². The SMILES string of the molecule is CC(C)(C)OC(=O)N[C@@H](Cc1ccc(C2=CC(=O)N(C(C)(C)C)S2(O)O)c(Br)c1)C(=O)O. The van der Waals surface area contributed by atoms with E-state index in [0.29, 0.717) is 15.6 Å². The van der Waals surface area contributed by atoms with E-state index in [9.17, 15) is 28.6 Å². The normalized spacial score (nSPS) is 18.1. The molecule has 0 saturated carbocycles. The molecule has 32 heavy (non-hydrogen) atoms. The predicted molar refractivity (Wildman–Crippen MR) is 126 cm³/mol. The summed E-state index contributed by atoms with van der Waals surface area (Å²) < 4.78 is 28.2. The summed E-state index contributed by atoms with van der Waals surface area (Å²) >= 11 is 3.38. The summed E-state index contributed by atoms with van der Waals surface area (Å²) in [6, 6.07) is 3.56. The molecular formula is C21H29BrN2O7S. The lowest BCUT2D eigenvalue weighted by Crippen LogP contribution is -2.44. The Balaban J connectivity index is 2.26. The number of carboxylic acids is 1. The predicted octanol–water partition coefficient (Wildman–Crippen LogP) is 4.62. The number of amides is 2. The van der Waals surface area contributed by atoms with Crippen LogP contribution in [0.5, 0.6) is 0 Å². The fourth-order valence-corrected chi connectivity index (χ4v) is 5.95. The number of carboxylic acid groups (broad SMARTS) is 1. The van der Waals surface area contributed by atoms with Crippen LogP contribution in [0.2, 0.25) is 0 Å². The minimum absolute atomic E-state index is 0.0319. The first-order valence-electron chi connectivity index (χ1n) is 9.79. The standard InChI is InChI=1S/C21H29BrN2O7S/c1-20(2,3)24-17(25)11-16(32(24,29)30)13-8-7-12(9-14(13)22)10-15(18(26)27)23-19(28)31-21(4,5)6/h7-9,11,15,29-30H,10H2,1-6H3,(H,23,28)(H,26,27)/t15-/m0/s1. The van der Waals surface area contributed by atoms with Crippen molar-refractivity contribution >= 4 is 49.6 Å². The average molecular weight is 533 g/mol. The Morgan fingerprint density at radius 3 is 2.22 bits per heavy atom. The number of ether oxygens (including phenoxy) is 1. The molecular weight excluding hydrogens is 504 g/mol. The summed E-state index contributed by atoms with van der Waals surface area (Å²) in [6.07, 6.45) is 0.326. The smallest absolute Gasteiger partial charge is 0.408 e. The number of carbonyl (C=O) groups excluding carboxylic acids is 2. The molecule has 0 aliphatic carbocycles. The van der Waals surface area contributed by atoms with Crippen molar-refractivity contribution in [3.05, 3.63) is 39.9 Å². The van der Waals surface area contributed by atoms with E-state index in [1.54, 1.807) is 59.7 Å². The zero-order valence-electron chi connectivity index (χ0n) is 18.8. The number of carbonyl (C=O) groups is 3. The average Bonchev–Trinajstić information content (AvgIpc) is 2.81. The van der Waals surface area contributed by atoms with Crippen molar-refractivity contribution in [1.29, 1.82) is 0 Å². The molecule has 1 heterocycles. The van der Waals surface area contributed by atoms with E-state index in [2.05, 4.69) is 21.2 Å². The summed E-state index contributed by atoms with van der Waals surface area (Å²) in [7, 11) is -3.55. The van der Waals surface area contributed by atoms with E-state index >= 15 is 0 Å². The van der Waals surface area contributed by atoms with Gasteiger partial charge in [0.1, 0.15) is 11.6 Å². The van der Waals surface area contributed by atoms with Crippen molar-refractivity contribution in [2.75, 3.05) is 0 Å². The van der Waals surface area contributed by atoms with Gasteiger partial charge in [0.25, 0.3) is 5.91 Å². The van der Waals surface area contributed by atoms with Gasteiger partial charge in [-0.25, -0.2) is 13.9 Å². The van der Waals surface area contributed by atoms with Crippen molar-refractivity contribution in [1.82, 2.24) is 9.62 Å². The Hall–Kier alpha value is -2.08. The van der Waals surface area contributed by atoms with Crippen LogP contribution in [-0.2, 0) is 20.7 Å². The lowest BCUT2D eigenvalue weighted by atomic mass is 10.0. The molecule has 9 nitrogen and oxygen atoms in total. The monoisotopic (exact) mass is 532 g/mol. The van der Waals surface area contributed by atoms with Crippen LogP contribution in [0.3, 0.4) is 0 Å². The van der Waals surface area contributed by atoms with Gasteiger partial charge in [-0.1, -0.05) is 38.8 Å². The van der Waals surface area contributed by atoms with Gasteiger partial charge in [-0.2, -0.15) is 0 Å². The van der Waals surface area contributed by atoms with Gasteiger partial charge in [0.2, 0.25) is 0 Å². The molecule has 0 spiro atoms. The Bertz CT molecular complexity index is 964. The minimum Gasteiger partial charge on any atom is -0.480 e. The van der Waals surface area contributed by atoms with E-state index in [0.717, 1.165) is 4.31 Å². The van der Waals surface area contributed by atoms with Crippen molar-refractivity contribution in [2.24, 2.45) is 0 Å². The molecule has 0 aromatic heterocycles. The molecule has 0 bridgehead atoms. The van der Waals surface area contributed by atoms with Gasteiger partial charge in [-0.3, -0.25) is 13.9 Å². The van der Waals surface area contributed by atoms with Crippen LogP contribution in [0.25, 0.3) is 4.91 Å². The van der Waals surface area contributed by atoms with Crippen LogP contribution in [0.15, 0.2) is 28.7 Å². The number of aliphatic carboxylic acids is 1. The third kappa shape index (κ3) is 6.03. The first-order valence-corrected chi connectivity index (χ1v) is 12.1. The summed E-state index contributed by atoms with van der Waals surface area (Å²) in [5, 5.41) is 11.8. The molecule has 1 aliphatic heterocycles. The molecule has 2 amide bonds. The Morgan fingerprint density at radius 2 is 1.78 bits per heavy atom. The molecule has 0 saturated heterocycles. The number of rotatable bonds is 5. The van der Waals surface area contributed by atoms with Gasteiger partial charge in [-0.05, 0) is 53.2 Å². The zero-order chi connectivity index (χ0) is 24.6. The Morgan fingerprint density at radius 1 is 1.19 bits per heavy atom. The second kappa shape index (κ2) is 9.05. The zero-order valence-corrected chi connectivity index (χ0v) is 21.2. The van der Waals surface area contributed by atoms with E-state index in [1.165, 1.54) is 6.08 Å². The first-order chi connectivity index (χ1) is 14.4. The maximum absolute atomic E-state index is 12.4. The second-order valence-corrected chi connectivity index (χ2v) is 12.1. The Kier molecular flexibility index (Phi) is 7.40. The van der Waals surface area contributed by atoms with E-state index in [4.69, 9.17) is 4.74 Å². The molecule has 0 radical (unpaired) electrons. The van der Waals surface area contributed by atoms with Gasteiger partial charge < -0.3 is 15.2 Å². The lowest BCUT2D eigenvalue weighted by molar-refractivity contribution is -0.139. The fourth-order valence-electron chi connectivity index (χ4n) is 3.18. The highest BCUT2D eigenvalue weighted by Gasteiger charge is 2.45. The largest absolute Gasteiger partial charge is 0.480 e. The number of nitrogens with zero attached hydrogens (tertiary/aromatic N) is 1. The van der Waals surface area contributed by atoms with Crippen molar-refractivity contribution in [2.45, 2.75) is 65.1 Å². The highest BCUT2D eigenvalue weighted by molar-refractivity contribution is 9.10. The molecule has 0 fully saturated rings. The van der Waals surface area contributed by atoms with Crippen LogP contribution in [0.1, 0.15) is 52.7 Å². The first kappa shape index (κ1) is 26.2.